The van der Waals surface area contributed by atoms with Gasteiger partial charge in [0.05, 0.1) is 0 Å². The average molecular weight is 282 g/mol. The molecule has 5 rings (SSSR count). The number of aldehydes is 1. The molecule has 112 valence electrons. The highest BCUT2D eigenvalue weighted by molar-refractivity contribution is 5.64. The molecule has 5 heteroatoms. The molecule has 4 saturated heterocycles. The molecule has 7 atom stereocenters. The maximum atomic E-state index is 11.6. The van der Waals surface area contributed by atoms with Gasteiger partial charge in [-0.3, -0.25) is 0 Å². The van der Waals surface area contributed by atoms with Crippen LogP contribution in [0.15, 0.2) is 0 Å². The maximum Gasteiger partial charge on any atom is 0.201 e. The lowest BCUT2D eigenvalue weighted by Gasteiger charge is -2.50. The van der Waals surface area contributed by atoms with E-state index in [4.69, 9.17) is 19.2 Å². The van der Waals surface area contributed by atoms with E-state index in [9.17, 15) is 4.79 Å². The Balaban J connectivity index is 1.85. The van der Waals surface area contributed by atoms with Gasteiger partial charge in [-0.05, 0) is 44.9 Å². The molecule has 20 heavy (non-hydrogen) atoms. The fourth-order valence-corrected chi connectivity index (χ4v) is 4.86. The first-order valence-electron chi connectivity index (χ1n) is 7.62. The number of carbonyl (C=O) groups is 1. The van der Waals surface area contributed by atoms with Crippen molar-refractivity contribution in [1.82, 2.24) is 0 Å². The van der Waals surface area contributed by atoms with Crippen LogP contribution < -0.4 is 0 Å². The van der Waals surface area contributed by atoms with Gasteiger partial charge < -0.3 is 14.3 Å². The smallest absolute Gasteiger partial charge is 0.201 e. The molecule has 0 aromatic heterocycles. The minimum Gasteiger partial charge on any atom is -0.335 e. The molecule has 0 unspecified atom stereocenters. The predicted octanol–water partition coefficient (Wildman–Crippen LogP) is 2.19. The molecule has 2 bridgehead atoms. The zero-order valence-corrected chi connectivity index (χ0v) is 12.3. The Morgan fingerprint density at radius 3 is 2.65 bits per heavy atom. The van der Waals surface area contributed by atoms with Crippen LogP contribution in [0.25, 0.3) is 0 Å². The normalized spacial score (nSPS) is 61.0. The number of carbonyl (C=O) groups excluding carboxylic acids is 1. The van der Waals surface area contributed by atoms with Crippen LogP contribution in [-0.4, -0.2) is 29.6 Å². The van der Waals surface area contributed by atoms with Gasteiger partial charge in [-0.25, -0.2) is 9.78 Å². The van der Waals surface area contributed by atoms with Crippen LogP contribution in [0.1, 0.15) is 46.5 Å². The van der Waals surface area contributed by atoms with E-state index in [0.29, 0.717) is 11.8 Å². The van der Waals surface area contributed by atoms with E-state index in [1.54, 1.807) is 0 Å². The first kappa shape index (κ1) is 13.2. The van der Waals surface area contributed by atoms with Gasteiger partial charge in [0.1, 0.15) is 5.60 Å². The van der Waals surface area contributed by atoms with Crippen LogP contribution >= 0.6 is 0 Å². The Bertz CT molecular complexity index is 454. The zero-order valence-electron chi connectivity index (χ0n) is 12.3. The fraction of sp³-hybridized carbons (Fsp3) is 0.933. The summed E-state index contributed by atoms with van der Waals surface area (Å²) in [7, 11) is 0. The number of hydrogen-bond acceptors (Lipinski definition) is 5. The van der Waals surface area contributed by atoms with Crippen LogP contribution in [-0.2, 0) is 24.0 Å². The highest BCUT2D eigenvalue weighted by atomic mass is 17.3. The van der Waals surface area contributed by atoms with Crippen molar-refractivity contribution < 1.29 is 24.0 Å². The van der Waals surface area contributed by atoms with Gasteiger partial charge in [-0.15, -0.1) is 0 Å². The van der Waals surface area contributed by atoms with E-state index in [2.05, 4.69) is 6.92 Å². The SMILES string of the molecule is C[C@@H]1CC[C@@H]2[C@]34OO[C@@](C)(CC[C@@H]13)O[C@H]4O[C@@]2(C)C=O. The van der Waals surface area contributed by atoms with E-state index in [1.165, 1.54) is 0 Å². The average Bonchev–Trinajstić information content (AvgIpc) is 2.51. The van der Waals surface area contributed by atoms with Gasteiger partial charge in [0.25, 0.3) is 0 Å². The van der Waals surface area contributed by atoms with E-state index < -0.39 is 23.3 Å². The Morgan fingerprint density at radius 2 is 1.90 bits per heavy atom. The lowest BCUT2D eigenvalue weighted by molar-refractivity contribution is -0.541. The highest BCUT2D eigenvalue weighted by Crippen LogP contribution is 2.62. The van der Waals surface area contributed by atoms with E-state index in [0.717, 1.165) is 32.0 Å². The highest BCUT2D eigenvalue weighted by Gasteiger charge is 2.74. The summed E-state index contributed by atoms with van der Waals surface area (Å²) in [6.45, 7) is 5.99. The molecular formula is C15H22O5. The summed E-state index contributed by atoms with van der Waals surface area (Å²) in [4.78, 5) is 23.2. The van der Waals surface area contributed by atoms with Crippen LogP contribution in [0.2, 0.25) is 0 Å². The Hall–Kier alpha value is -0.490. The summed E-state index contributed by atoms with van der Waals surface area (Å²) in [5.74, 6) is 0.0868. The Kier molecular flexibility index (Phi) is 2.52. The molecule has 0 aromatic carbocycles. The third-order valence-electron chi connectivity index (χ3n) is 6.01. The van der Waals surface area contributed by atoms with E-state index >= 15 is 0 Å². The first-order chi connectivity index (χ1) is 9.44. The van der Waals surface area contributed by atoms with Gasteiger partial charge in [-0.2, -0.15) is 0 Å². The largest absolute Gasteiger partial charge is 0.335 e. The van der Waals surface area contributed by atoms with E-state index in [1.807, 2.05) is 13.8 Å². The minimum absolute atomic E-state index is 0.00125. The second kappa shape index (κ2) is 3.83. The molecule has 1 aliphatic carbocycles. The topological polar surface area (TPSA) is 54.0 Å². The molecule has 0 N–H and O–H groups in total. The summed E-state index contributed by atoms with van der Waals surface area (Å²) >= 11 is 0. The van der Waals surface area contributed by atoms with Crippen molar-refractivity contribution in [2.75, 3.05) is 0 Å². The molecule has 5 nitrogen and oxygen atoms in total. The third-order valence-corrected chi connectivity index (χ3v) is 6.01. The molecule has 1 spiro atoms. The van der Waals surface area contributed by atoms with Gasteiger partial charge in [0, 0.05) is 12.3 Å². The summed E-state index contributed by atoms with van der Waals surface area (Å²) in [5, 5.41) is 0. The molecule has 4 heterocycles. The quantitative estimate of drug-likeness (QED) is 0.545. The molecule has 0 radical (unpaired) electrons. The lowest BCUT2D eigenvalue weighted by Crippen LogP contribution is -2.61. The molecule has 0 aromatic rings. The first-order valence-corrected chi connectivity index (χ1v) is 7.62. The third kappa shape index (κ3) is 1.39. The maximum absolute atomic E-state index is 11.6. The van der Waals surface area contributed by atoms with Crippen molar-refractivity contribution >= 4 is 6.29 Å². The van der Waals surface area contributed by atoms with Crippen molar-refractivity contribution in [2.45, 2.75) is 69.7 Å². The Labute approximate surface area is 118 Å². The van der Waals surface area contributed by atoms with Gasteiger partial charge in [0.2, 0.25) is 5.79 Å². The van der Waals surface area contributed by atoms with Crippen LogP contribution in [0.3, 0.4) is 0 Å². The van der Waals surface area contributed by atoms with Crippen molar-refractivity contribution in [3.63, 3.8) is 0 Å². The van der Waals surface area contributed by atoms with Gasteiger partial charge in [-0.1, -0.05) is 6.92 Å². The van der Waals surface area contributed by atoms with Crippen LogP contribution in [0.5, 0.6) is 0 Å². The van der Waals surface area contributed by atoms with E-state index in [-0.39, 0.29) is 5.92 Å². The monoisotopic (exact) mass is 282 g/mol. The second-order valence-corrected chi connectivity index (χ2v) is 7.28. The molecule has 4 aliphatic heterocycles. The number of hydrogen-bond donors (Lipinski definition) is 0. The molecule has 0 amide bonds. The standard InChI is InChI=1S/C15H22O5/c1-9-4-5-11-13(2,8-16)17-12-15(11)10(9)6-7-14(3,18-12)19-20-15/h8-12H,4-7H2,1-3H3/t9-,10+,11+,12-,13+,14+,15-/m1/s1. The summed E-state index contributed by atoms with van der Waals surface area (Å²) in [6.07, 6.45) is 4.20. The summed E-state index contributed by atoms with van der Waals surface area (Å²) in [6, 6.07) is 0. The molecule has 5 fully saturated rings. The van der Waals surface area contributed by atoms with Gasteiger partial charge in [0.15, 0.2) is 18.2 Å². The molecular weight excluding hydrogens is 260 g/mol. The second-order valence-electron chi connectivity index (χ2n) is 7.28. The van der Waals surface area contributed by atoms with Crippen molar-refractivity contribution in [3.8, 4) is 0 Å². The summed E-state index contributed by atoms with van der Waals surface area (Å²) in [5.41, 5.74) is -1.46. The summed E-state index contributed by atoms with van der Waals surface area (Å²) < 4.78 is 12.1. The predicted molar refractivity (Wildman–Crippen MR) is 68.3 cm³/mol. The molecule has 5 aliphatic rings. The van der Waals surface area contributed by atoms with Gasteiger partial charge >= 0.3 is 0 Å². The number of ether oxygens (including phenoxy) is 2. The van der Waals surface area contributed by atoms with Crippen molar-refractivity contribution in [2.24, 2.45) is 17.8 Å². The number of fused-ring (bicyclic) bond motifs is 2. The molecule has 1 saturated carbocycles. The van der Waals surface area contributed by atoms with Crippen LogP contribution in [0.4, 0.5) is 0 Å². The van der Waals surface area contributed by atoms with Crippen molar-refractivity contribution in [3.05, 3.63) is 0 Å². The van der Waals surface area contributed by atoms with Crippen molar-refractivity contribution in [1.29, 1.82) is 0 Å². The Morgan fingerprint density at radius 1 is 1.10 bits per heavy atom. The number of rotatable bonds is 1. The minimum atomic E-state index is -0.838. The fourth-order valence-electron chi connectivity index (χ4n) is 4.86. The van der Waals surface area contributed by atoms with Crippen LogP contribution in [0, 0.1) is 17.8 Å². The lowest BCUT2D eigenvalue weighted by atomic mass is 9.60. The zero-order chi connectivity index (χ0) is 14.2.